The van der Waals surface area contributed by atoms with Gasteiger partial charge in [0.1, 0.15) is 0 Å². The summed E-state index contributed by atoms with van der Waals surface area (Å²) in [5.41, 5.74) is 12.1. The van der Waals surface area contributed by atoms with E-state index in [1.54, 1.807) is 0 Å². The molecule has 0 aliphatic heterocycles. The zero-order valence-corrected chi connectivity index (χ0v) is 30.3. The van der Waals surface area contributed by atoms with Crippen molar-refractivity contribution in [1.82, 2.24) is 0 Å². The number of anilines is 6. The number of rotatable bonds is 7. The summed E-state index contributed by atoms with van der Waals surface area (Å²) in [6, 6.07) is 66.6. The Morgan fingerprint density at radius 2 is 1.07 bits per heavy atom. The van der Waals surface area contributed by atoms with Crippen molar-refractivity contribution in [3.8, 4) is 11.1 Å². The Bertz CT molecular complexity index is 2670. The maximum absolute atomic E-state index is 2.50. The molecule has 258 valence electrons. The molecule has 2 atom stereocenters. The highest BCUT2D eigenvalue weighted by Crippen LogP contribution is 2.58. The molecule has 0 spiro atoms. The van der Waals surface area contributed by atoms with Gasteiger partial charge < -0.3 is 9.80 Å². The fourth-order valence-electron chi connectivity index (χ4n) is 9.18. The van der Waals surface area contributed by atoms with Crippen LogP contribution in [0.25, 0.3) is 32.7 Å². The van der Waals surface area contributed by atoms with Crippen molar-refractivity contribution in [2.24, 2.45) is 5.92 Å². The van der Waals surface area contributed by atoms with Crippen LogP contribution in [-0.4, -0.2) is 0 Å². The number of fused-ring (bicyclic) bond motifs is 6. The van der Waals surface area contributed by atoms with Crippen LogP contribution in [0.3, 0.4) is 0 Å². The highest BCUT2D eigenvalue weighted by atomic mass is 15.2. The van der Waals surface area contributed by atoms with Crippen molar-refractivity contribution in [1.29, 1.82) is 0 Å². The molecular formula is C52H40N2. The lowest BCUT2D eigenvalue weighted by atomic mass is 9.67. The van der Waals surface area contributed by atoms with Crippen LogP contribution in [0.4, 0.5) is 34.1 Å². The quantitative estimate of drug-likeness (QED) is 0.153. The molecule has 2 nitrogen and oxygen atoms in total. The van der Waals surface area contributed by atoms with Crippen LogP contribution in [0, 0.1) is 5.92 Å². The molecule has 0 heterocycles. The van der Waals surface area contributed by atoms with Crippen molar-refractivity contribution in [3.63, 3.8) is 0 Å². The van der Waals surface area contributed by atoms with Crippen molar-refractivity contribution in [3.05, 3.63) is 217 Å². The van der Waals surface area contributed by atoms with Gasteiger partial charge in [-0.3, -0.25) is 0 Å². The van der Waals surface area contributed by atoms with Crippen molar-refractivity contribution in [2.75, 3.05) is 9.80 Å². The highest BCUT2D eigenvalue weighted by molar-refractivity contribution is 6.15. The van der Waals surface area contributed by atoms with Crippen LogP contribution < -0.4 is 9.80 Å². The number of nitrogens with zero attached hydrogens (tertiary/aromatic N) is 2. The van der Waals surface area contributed by atoms with Crippen LogP contribution in [-0.2, 0) is 5.41 Å². The SMILES string of the molecule is C[C@@]1(C2C=CC=CC2)c2ccccc2-c2cccc(N(c3ccccc3)c3ccc4c(N(c5ccccc5)c5ccccc5)cc5ccccc5c4c3)c21. The van der Waals surface area contributed by atoms with E-state index < -0.39 is 0 Å². The average molecular weight is 693 g/mol. The lowest BCUT2D eigenvalue weighted by Gasteiger charge is -2.39. The average Bonchev–Trinajstić information content (AvgIpc) is 3.52. The van der Waals surface area contributed by atoms with Gasteiger partial charge >= 0.3 is 0 Å². The first-order chi connectivity index (χ1) is 26.7. The normalized spacial score (nSPS) is 17.0. The summed E-state index contributed by atoms with van der Waals surface area (Å²) in [5, 5.41) is 4.87. The molecule has 0 saturated carbocycles. The third-order valence-corrected chi connectivity index (χ3v) is 11.7. The second-order valence-corrected chi connectivity index (χ2v) is 14.6. The van der Waals surface area contributed by atoms with Crippen LogP contribution >= 0.6 is 0 Å². The number of hydrogen-bond donors (Lipinski definition) is 0. The topological polar surface area (TPSA) is 6.48 Å². The van der Waals surface area contributed by atoms with E-state index in [4.69, 9.17) is 0 Å². The Kier molecular flexibility index (Phi) is 7.77. The summed E-state index contributed by atoms with van der Waals surface area (Å²) in [7, 11) is 0. The maximum atomic E-state index is 2.50. The van der Waals surface area contributed by atoms with Gasteiger partial charge in [-0.1, -0.05) is 153 Å². The van der Waals surface area contributed by atoms with E-state index in [0.29, 0.717) is 5.92 Å². The minimum atomic E-state index is -0.223. The van der Waals surface area contributed by atoms with E-state index >= 15 is 0 Å². The fourth-order valence-corrected chi connectivity index (χ4v) is 9.18. The molecule has 0 N–H and O–H groups in total. The molecule has 2 aliphatic rings. The zero-order valence-electron chi connectivity index (χ0n) is 30.3. The molecule has 8 aromatic rings. The van der Waals surface area contributed by atoms with Gasteiger partial charge in [0.2, 0.25) is 0 Å². The standard InChI is InChI=1S/C52H40N2/c1-52(38-20-6-2-7-21-38)48-31-17-16-29-44(48)46-30-18-32-49(51(46)52)54(41-26-12-5-13-27-41)42-33-34-45-47(36-42)43-28-15-14-19-37(43)35-50(45)53(39-22-8-3-9-23-39)40-24-10-4-11-25-40/h2-20,22-36,38H,21H2,1H3/t38?,52-/m1/s1. The van der Waals surface area contributed by atoms with Crippen LogP contribution in [0.15, 0.2) is 206 Å². The third-order valence-electron chi connectivity index (χ3n) is 11.7. The van der Waals surface area contributed by atoms with E-state index in [9.17, 15) is 0 Å². The van der Waals surface area contributed by atoms with Gasteiger partial charge in [-0.25, -0.2) is 0 Å². The van der Waals surface area contributed by atoms with E-state index in [1.807, 2.05) is 0 Å². The first kappa shape index (κ1) is 32.0. The minimum Gasteiger partial charge on any atom is -0.310 e. The molecule has 1 unspecified atom stereocenters. The summed E-state index contributed by atoms with van der Waals surface area (Å²) in [4.78, 5) is 4.89. The molecule has 54 heavy (non-hydrogen) atoms. The predicted molar refractivity (Wildman–Crippen MR) is 229 cm³/mol. The monoisotopic (exact) mass is 692 g/mol. The van der Waals surface area contributed by atoms with Gasteiger partial charge in [-0.2, -0.15) is 0 Å². The van der Waals surface area contributed by atoms with Gasteiger partial charge in [-0.05, 0) is 111 Å². The minimum absolute atomic E-state index is 0.223. The van der Waals surface area contributed by atoms with Gasteiger partial charge in [0.15, 0.2) is 0 Å². The van der Waals surface area contributed by atoms with Crippen LogP contribution in [0.5, 0.6) is 0 Å². The Hall–Kier alpha value is -6.64. The number of benzene rings is 8. The molecule has 2 aliphatic carbocycles. The zero-order chi connectivity index (χ0) is 36.1. The highest BCUT2D eigenvalue weighted by Gasteiger charge is 2.46. The van der Waals surface area contributed by atoms with Gasteiger partial charge in [0, 0.05) is 33.6 Å². The Morgan fingerprint density at radius 3 is 1.76 bits per heavy atom. The van der Waals surface area contributed by atoms with E-state index in [1.165, 1.54) is 49.5 Å². The van der Waals surface area contributed by atoms with Crippen molar-refractivity contribution < 1.29 is 0 Å². The largest absolute Gasteiger partial charge is 0.310 e. The van der Waals surface area contributed by atoms with Gasteiger partial charge in [0.05, 0.1) is 11.4 Å². The molecule has 0 radical (unpaired) electrons. The summed E-state index contributed by atoms with van der Waals surface area (Å²) >= 11 is 0. The molecule has 10 rings (SSSR count). The second-order valence-electron chi connectivity index (χ2n) is 14.6. The van der Waals surface area contributed by atoms with E-state index in [-0.39, 0.29) is 5.41 Å². The number of para-hydroxylation sites is 3. The molecule has 0 saturated heterocycles. The second kappa shape index (κ2) is 13.1. The predicted octanol–water partition coefficient (Wildman–Crippen LogP) is 14.4. The molecule has 0 bridgehead atoms. The Labute approximate surface area is 317 Å². The van der Waals surface area contributed by atoms with E-state index in [0.717, 1.165) is 34.9 Å². The summed E-state index contributed by atoms with van der Waals surface area (Å²) in [5.74, 6) is 0.328. The van der Waals surface area contributed by atoms with Crippen LogP contribution in [0.1, 0.15) is 24.5 Å². The Balaban J connectivity index is 1.24. The fraction of sp³-hybridized carbons (Fsp3) is 0.0769. The smallest absolute Gasteiger partial charge is 0.0546 e. The first-order valence-electron chi connectivity index (χ1n) is 19.0. The number of allylic oxidation sites excluding steroid dienone is 4. The van der Waals surface area contributed by atoms with E-state index in [2.05, 4.69) is 223 Å². The van der Waals surface area contributed by atoms with Crippen molar-refractivity contribution >= 4 is 55.7 Å². The maximum Gasteiger partial charge on any atom is 0.0546 e. The van der Waals surface area contributed by atoms with Gasteiger partial charge in [-0.15, -0.1) is 0 Å². The Morgan fingerprint density at radius 1 is 0.463 bits per heavy atom. The molecular weight excluding hydrogens is 653 g/mol. The summed E-state index contributed by atoms with van der Waals surface area (Å²) in [6.07, 6.45) is 10.2. The lowest BCUT2D eigenvalue weighted by Crippen LogP contribution is -2.32. The van der Waals surface area contributed by atoms with Crippen molar-refractivity contribution in [2.45, 2.75) is 18.8 Å². The summed E-state index contributed by atoms with van der Waals surface area (Å²) < 4.78 is 0. The first-order valence-corrected chi connectivity index (χ1v) is 19.0. The lowest BCUT2D eigenvalue weighted by molar-refractivity contribution is 0.425. The molecule has 0 aromatic heterocycles. The molecule has 0 fully saturated rings. The van der Waals surface area contributed by atoms with Crippen LogP contribution in [0.2, 0.25) is 0 Å². The number of hydrogen-bond acceptors (Lipinski definition) is 2. The summed E-state index contributed by atoms with van der Waals surface area (Å²) in [6.45, 7) is 2.47. The molecule has 2 heteroatoms. The third kappa shape index (κ3) is 5.09. The molecule has 0 amide bonds. The van der Waals surface area contributed by atoms with Gasteiger partial charge in [0.25, 0.3) is 0 Å². The molecule has 8 aromatic carbocycles.